The van der Waals surface area contributed by atoms with Crippen LogP contribution in [0.5, 0.6) is 0 Å². The van der Waals surface area contributed by atoms with Gasteiger partial charge >= 0.3 is 0 Å². The fourth-order valence-electron chi connectivity index (χ4n) is 1.99. The van der Waals surface area contributed by atoms with Gasteiger partial charge in [-0.1, -0.05) is 32.6 Å². The fourth-order valence-corrected chi connectivity index (χ4v) is 1.99. The van der Waals surface area contributed by atoms with E-state index in [1.54, 1.807) is 0 Å². The molecule has 4 nitrogen and oxygen atoms in total. The molecule has 1 aliphatic rings. The summed E-state index contributed by atoms with van der Waals surface area (Å²) in [6.45, 7) is 4.26. The lowest BCUT2D eigenvalue weighted by atomic mass is 10.1. The Morgan fingerprint density at radius 1 is 1.38 bits per heavy atom. The molecule has 92 valence electrons. The zero-order valence-corrected chi connectivity index (χ0v) is 10.2. The maximum absolute atomic E-state index is 11.3. The van der Waals surface area contributed by atoms with Gasteiger partial charge in [0.15, 0.2) is 0 Å². The Morgan fingerprint density at radius 3 is 2.69 bits per heavy atom. The summed E-state index contributed by atoms with van der Waals surface area (Å²) in [4.78, 5) is 22.3. The van der Waals surface area contributed by atoms with Crippen molar-refractivity contribution in [1.29, 1.82) is 0 Å². The van der Waals surface area contributed by atoms with Crippen molar-refractivity contribution in [1.82, 2.24) is 10.6 Å². The van der Waals surface area contributed by atoms with Crippen LogP contribution in [0.1, 0.15) is 52.4 Å². The number of hydrogen-bond donors (Lipinski definition) is 2. The van der Waals surface area contributed by atoms with Crippen LogP contribution in [0, 0.1) is 0 Å². The Bertz CT molecular complexity index is 253. The summed E-state index contributed by atoms with van der Waals surface area (Å²) in [6.07, 6.45) is 6.30. The van der Waals surface area contributed by atoms with Gasteiger partial charge in [0, 0.05) is 6.04 Å². The molecule has 0 radical (unpaired) electrons. The summed E-state index contributed by atoms with van der Waals surface area (Å²) in [5.41, 5.74) is 0. The van der Waals surface area contributed by atoms with Crippen LogP contribution in [0.25, 0.3) is 0 Å². The largest absolute Gasteiger partial charge is 0.303 e. The molecule has 1 fully saturated rings. The average Bonchev–Trinajstić information content (AvgIpc) is 2.52. The highest BCUT2D eigenvalue weighted by Gasteiger charge is 2.30. The van der Waals surface area contributed by atoms with Crippen LogP contribution >= 0.6 is 0 Å². The van der Waals surface area contributed by atoms with Crippen molar-refractivity contribution in [3.63, 3.8) is 0 Å². The Kier molecular flexibility index (Phi) is 5.46. The Hall–Kier alpha value is -0.900. The number of amides is 2. The predicted molar refractivity (Wildman–Crippen MR) is 62.9 cm³/mol. The number of carbonyl (C=O) groups is 2. The summed E-state index contributed by atoms with van der Waals surface area (Å²) in [7, 11) is 0. The molecule has 1 saturated heterocycles. The molecule has 1 rings (SSSR count). The van der Waals surface area contributed by atoms with Crippen molar-refractivity contribution < 1.29 is 9.59 Å². The maximum Gasteiger partial charge on any atom is 0.244 e. The lowest BCUT2D eigenvalue weighted by molar-refractivity contribution is -0.125. The van der Waals surface area contributed by atoms with E-state index in [0.29, 0.717) is 6.04 Å². The zero-order chi connectivity index (χ0) is 12.0. The first-order valence-corrected chi connectivity index (χ1v) is 6.23. The molecule has 1 heterocycles. The van der Waals surface area contributed by atoms with Gasteiger partial charge in [0.05, 0.1) is 12.5 Å². The topological polar surface area (TPSA) is 58.2 Å². The number of rotatable bonds is 7. The quantitative estimate of drug-likeness (QED) is 0.509. The van der Waals surface area contributed by atoms with Gasteiger partial charge in [0.1, 0.15) is 0 Å². The molecule has 0 saturated carbocycles. The first kappa shape index (κ1) is 13.2. The van der Waals surface area contributed by atoms with Crippen LogP contribution < -0.4 is 10.6 Å². The van der Waals surface area contributed by atoms with Crippen molar-refractivity contribution in [3.8, 4) is 0 Å². The SMILES string of the molecule is CCCCCCC(C)NC1CC(=O)NC1=O. The molecule has 4 heteroatoms. The average molecular weight is 226 g/mol. The van der Waals surface area contributed by atoms with E-state index in [1.807, 2.05) is 0 Å². The van der Waals surface area contributed by atoms with Gasteiger partial charge in [-0.3, -0.25) is 14.9 Å². The minimum absolute atomic E-state index is 0.166. The van der Waals surface area contributed by atoms with Crippen LogP contribution in [0.4, 0.5) is 0 Å². The highest BCUT2D eigenvalue weighted by molar-refractivity contribution is 6.05. The second-order valence-electron chi connectivity index (χ2n) is 4.59. The van der Waals surface area contributed by atoms with Crippen molar-refractivity contribution >= 4 is 11.8 Å². The van der Waals surface area contributed by atoms with Gasteiger partial charge in [0.2, 0.25) is 11.8 Å². The van der Waals surface area contributed by atoms with Crippen molar-refractivity contribution in [2.24, 2.45) is 0 Å². The highest BCUT2D eigenvalue weighted by atomic mass is 16.2. The molecule has 2 amide bonds. The Labute approximate surface area is 97.2 Å². The van der Waals surface area contributed by atoms with Gasteiger partial charge in [-0.2, -0.15) is 0 Å². The number of unbranched alkanes of at least 4 members (excludes halogenated alkanes) is 3. The monoisotopic (exact) mass is 226 g/mol. The number of carbonyl (C=O) groups excluding carboxylic acids is 2. The van der Waals surface area contributed by atoms with E-state index in [0.717, 1.165) is 6.42 Å². The van der Waals surface area contributed by atoms with Crippen molar-refractivity contribution in [3.05, 3.63) is 0 Å². The first-order chi connectivity index (χ1) is 7.63. The Morgan fingerprint density at radius 2 is 2.12 bits per heavy atom. The van der Waals surface area contributed by atoms with Gasteiger partial charge in [-0.15, -0.1) is 0 Å². The summed E-state index contributed by atoms with van der Waals surface area (Å²) >= 11 is 0. The van der Waals surface area contributed by atoms with E-state index in [1.165, 1.54) is 25.7 Å². The molecule has 0 spiro atoms. The fraction of sp³-hybridized carbons (Fsp3) is 0.833. The highest BCUT2D eigenvalue weighted by Crippen LogP contribution is 2.08. The summed E-state index contributed by atoms with van der Waals surface area (Å²) in [5, 5.41) is 5.51. The third kappa shape index (κ3) is 4.31. The molecule has 0 aromatic carbocycles. The molecule has 0 aromatic heterocycles. The van der Waals surface area contributed by atoms with E-state index in [2.05, 4.69) is 24.5 Å². The number of hydrogen-bond acceptors (Lipinski definition) is 3. The number of nitrogens with one attached hydrogen (secondary N) is 2. The van der Waals surface area contributed by atoms with E-state index in [-0.39, 0.29) is 24.3 Å². The minimum Gasteiger partial charge on any atom is -0.303 e. The van der Waals surface area contributed by atoms with Crippen LogP contribution in [0.2, 0.25) is 0 Å². The van der Waals surface area contributed by atoms with E-state index >= 15 is 0 Å². The van der Waals surface area contributed by atoms with Crippen molar-refractivity contribution in [2.45, 2.75) is 64.5 Å². The van der Waals surface area contributed by atoms with E-state index in [9.17, 15) is 9.59 Å². The molecular formula is C12H22N2O2. The second-order valence-corrected chi connectivity index (χ2v) is 4.59. The van der Waals surface area contributed by atoms with Crippen LogP contribution in [0.3, 0.4) is 0 Å². The molecular weight excluding hydrogens is 204 g/mol. The minimum atomic E-state index is -0.311. The lowest BCUT2D eigenvalue weighted by Crippen LogP contribution is -2.41. The van der Waals surface area contributed by atoms with Gasteiger partial charge in [0.25, 0.3) is 0 Å². The lowest BCUT2D eigenvalue weighted by Gasteiger charge is -2.16. The molecule has 0 aromatic rings. The molecule has 0 bridgehead atoms. The van der Waals surface area contributed by atoms with Crippen LogP contribution in [-0.4, -0.2) is 23.9 Å². The van der Waals surface area contributed by atoms with Gasteiger partial charge in [-0.05, 0) is 13.3 Å². The summed E-state index contributed by atoms with van der Waals surface area (Å²) in [6, 6.07) is -0.00724. The van der Waals surface area contributed by atoms with E-state index in [4.69, 9.17) is 0 Å². The van der Waals surface area contributed by atoms with Gasteiger partial charge < -0.3 is 5.32 Å². The van der Waals surface area contributed by atoms with Gasteiger partial charge in [-0.25, -0.2) is 0 Å². The second kappa shape index (κ2) is 6.63. The van der Waals surface area contributed by atoms with Crippen molar-refractivity contribution in [2.75, 3.05) is 0 Å². The third-order valence-corrected chi connectivity index (χ3v) is 2.95. The first-order valence-electron chi connectivity index (χ1n) is 6.23. The maximum atomic E-state index is 11.3. The Balaban J connectivity index is 2.16. The molecule has 2 atom stereocenters. The summed E-state index contributed by atoms with van der Waals surface area (Å²) in [5.74, 6) is -0.342. The standard InChI is InChI=1S/C12H22N2O2/c1-3-4-5-6-7-9(2)13-10-8-11(15)14-12(10)16/h9-10,13H,3-8H2,1-2H3,(H,14,15,16). The molecule has 0 aliphatic carbocycles. The number of imide groups is 1. The normalized spacial score (nSPS) is 22.2. The molecule has 1 aliphatic heterocycles. The van der Waals surface area contributed by atoms with E-state index < -0.39 is 0 Å². The molecule has 16 heavy (non-hydrogen) atoms. The van der Waals surface area contributed by atoms with Crippen LogP contribution in [-0.2, 0) is 9.59 Å². The summed E-state index contributed by atoms with van der Waals surface area (Å²) < 4.78 is 0. The van der Waals surface area contributed by atoms with Crippen LogP contribution in [0.15, 0.2) is 0 Å². The predicted octanol–water partition coefficient (Wildman–Crippen LogP) is 1.35. The zero-order valence-electron chi connectivity index (χ0n) is 10.2. The smallest absolute Gasteiger partial charge is 0.244 e. The third-order valence-electron chi connectivity index (χ3n) is 2.95. The molecule has 2 N–H and O–H groups in total. The molecule has 2 unspecified atom stereocenters.